The average Bonchev–Trinajstić information content (AvgIpc) is 2.30. The lowest BCUT2D eigenvalue weighted by Crippen LogP contribution is -2.27. The van der Waals surface area contributed by atoms with Crippen LogP contribution in [0.5, 0.6) is 0 Å². The van der Waals surface area contributed by atoms with Crippen molar-refractivity contribution in [2.45, 2.75) is 38.7 Å². The van der Waals surface area contributed by atoms with E-state index in [-0.39, 0.29) is 12.2 Å². The Balaban J connectivity index is 1.81. The van der Waals surface area contributed by atoms with Crippen molar-refractivity contribution in [3.63, 3.8) is 0 Å². The predicted octanol–water partition coefficient (Wildman–Crippen LogP) is 3.81. The first-order valence-corrected chi connectivity index (χ1v) is 6.26. The van der Waals surface area contributed by atoms with Crippen LogP contribution in [0.15, 0.2) is 30.3 Å². The first-order chi connectivity index (χ1) is 8.24. The molecular weight excluding hydrogens is 214 g/mol. The van der Waals surface area contributed by atoms with Crippen molar-refractivity contribution in [1.82, 2.24) is 0 Å². The Bertz CT molecular complexity index is 364. The topological polar surface area (TPSA) is 38.3 Å². The summed E-state index contributed by atoms with van der Waals surface area (Å²) in [5.74, 6) is 0.665. The third-order valence-corrected chi connectivity index (χ3v) is 3.18. The lowest BCUT2D eigenvalue weighted by atomic mass is 9.89. The molecule has 3 nitrogen and oxygen atoms in total. The van der Waals surface area contributed by atoms with Gasteiger partial charge >= 0.3 is 6.09 Å². The molecule has 0 radical (unpaired) electrons. The normalized spacial score (nSPS) is 24.1. The molecule has 0 heterocycles. The molecule has 1 aromatic carbocycles. The molecule has 1 saturated carbocycles. The van der Waals surface area contributed by atoms with Gasteiger partial charge in [0, 0.05) is 5.69 Å². The van der Waals surface area contributed by atoms with Crippen molar-refractivity contribution in [3.05, 3.63) is 30.3 Å². The maximum absolute atomic E-state index is 11.7. The van der Waals surface area contributed by atoms with E-state index in [4.69, 9.17) is 4.74 Å². The van der Waals surface area contributed by atoms with Gasteiger partial charge < -0.3 is 4.74 Å². The summed E-state index contributed by atoms with van der Waals surface area (Å²) in [6.07, 6.45) is 4.14. The van der Waals surface area contributed by atoms with E-state index in [1.165, 1.54) is 6.42 Å². The van der Waals surface area contributed by atoms with Gasteiger partial charge in [-0.1, -0.05) is 31.5 Å². The molecule has 1 aromatic rings. The summed E-state index contributed by atoms with van der Waals surface area (Å²) in [4.78, 5) is 11.7. The van der Waals surface area contributed by atoms with Gasteiger partial charge in [0.05, 0.1) is 0 Å². The maximum Gasteiger partial charge on any atom is 0.411 e. The third kappa shape index (κ3) is 3.77. The zero-order chi connectivity index (χ0) is 12.1. The van der Waals surface area contributed by atoms with E-state index in [1.54, 1.807) is 0 Å². The van der Waals surface area contributed by atoms with Crippen LogP contribution < -0.4 is 5.32 Å². The van der Waals surface area contributed by atoms with E-state index < -0.39 is 0 Å². The molecule has 1 amide bonds. The van der Waals surface area contributed by atoms with Gasteiger partial charge in [-0.15, -0.1) is 0 Å². The lowest BCUT2D eigenvalue weighted by Gasteiger charge is -2.26. The Morgan fingerprint density at radius 1 is 1.29 bits per heavy atom. The van der Waals surface area contributed by atoms with E-state index >= 15 is 0 Å². The molecule has 1 N–H and O–H groups in total. The number of anilines is 1. The molecule has 92 valence electrons. The number of para-hydroxylation sites is 1. The summed E-state index contributed by atoms with van der Waals surface area (Å²) in [6.45, 7) is 2.21. The number of rotatable bonds is 2. The Labute approximate surface area is 102 Å². The number of carbonyl (C=O) groups excluding carboxylic acids is 1. The Morgan fingerprint density at radius 2 is 2.06 bits per heavy atom. The molecular formula is C14H19NO2. The fraction of sp³-hybridized carbons (Fsp3) is 0.500. The largest absolute Gasteiger partial charge is 0.446 e. The highest BCUT2D eigenvalue weighted by Gasteiger charge is 2.22. The van der Waals surface area contributed by atoms with Crippen LogP contribution in [0.25, 0.3) is 0 Å². The number of hydrogen-bond acceptors (Lipinski definition) is 2. The molecule has 0 spiro atoms. The molecule has 2 rings (SSSR count). The standard InChI is InChI=1S/C14H19NO2/c1-11-6-5-9-13(10-11)17-14(16)15-12-7-3-2-4-8-12/h2-4,7-8,11,13H,5-6,9-10H2,1H3,(H,15,16). The minimum absolute atomic E-state index is 0.0856. The number of benzene rings is 1. The van der Waals surface area contributed by atoms with E-state index in [0.717, 1.165) is 24.9 Å². The predicted molar refractivity (Wildman–Crippen MR) is 68.0 cm³/mol. The quantitative estimate of drug-likeness (QED) is 0.843. The molecule has 3 heteroatoms. The molecule has 0 aliphatic heterocycles. The van der Waals surface area contributed by atoms with Gasteiger partial charge in [0.2, 0.25) is 0 Å². The van der Waals surface area contributed by atoms with Gasteiger partial charge in [0.15, 0.2) is 0 Å². The van der Waals surface area contributed by atoms with E-state index in [0.29, 0.717) is 5.92 Å². The van der Waals surface area contributed by atoms with Gasteiger partial charge in [0.1, 0.15) is 6.10 Å². The monoisotopic (exact) mass is 233 g/mol. The van der Waals surface area contributed by atoms with Crippen LogP contribution in [0.4, 0.5) is 10.5 Å². The van der Waals surface area contributed by atoms with E-state index in [9.17, 15) is 4.79 Å². The molecule has 0 saturated heterocycles. The number of hydrogen-bond donors (Lipinski definition) is 1. The number of carbonyl (C=O) groups is 1. The highest BCUT2D eigenvalue weighted by molar-refractivity contribution is 5.84. The zero-order valence-electron chi connectivity index (χ0n) is 10.2. The fourth-order valence-corrected chi connectivity index (χ4v) is 2.31. The van der Waals surface area contributed by atoms with Gasteiger partial charge in [-0.2, -0.15) is 0 Å². The van der Waals surface area contributed by atoms with E-state index in [1.807, 2.05) is 30.3 Å². The van der Waals surface area contributed by atoms with Gasteiger partial charge in [-0.25, -0.2) is 4.79 Å². The van der Waals surface area contributed by atoms with E-state index in [2.05, 4.69) is 12.2 Å². The first kappa shape index (κ1) is 12.0. The molecule has 17 heavy (non-hydrogen) atoms. The summed E-state index contributed by atoms with van der Waals surface area (Å²) in [7, 11) is 0. The number of amides is 1. The maximum atomic E-state index is 11.7. The van der Waals surface area contributed by atoms with Crippen molar-refractivity contribution in [3.8, 4) is 0 Å². The fourth-order valence-electron chi connectivity index (χ4n) is 2.31. The van der Waals surface area contributed by atoms with Crippen molar-refractivity contribution in [2.24, 2.45) is 5.92 Å². The highest BCUT2D eigenvalue weighted by Crippen LogP contribution is 2.25. The Hall–Kier alpha value is -1.51. The second-order valence-corrected chi connectivity index (χ2v) is 4.79. The number of nitrogens with one attached hydrogen (secondary N) is 1. The summed E-state index contributed by atoms with van der Waals surface area (Å²) in [5.41, 5.74) is 0.779. The van der Waals surface area contributed by atoms with Gasteiger partial charge in [-0.05, 0) is 37.3 Å². The van der Waals surface area contributed by atoms with Crippen molar-refractivity contribution in [2.75, 3.05) is 5.32 Å². The molecule has 0 bridgehead atoms. The van der Waals surface area contributed by atoms with Crippen LogP contribution in [-0.4, -0.2) is 12.2 Å². The smallest absolute Gasteiger partial charge is 0.411 e. The lowest BCUT2D eigenvalue weighted by molar-refractivity contribution is 0.0724. The van der Waals surface area contributed by atoms with Crippen LogP contribution in [0.2, 0.25) is 0 Å². The summed E-state index contributed by atoms with van der Waals surface area (Å²) < 4.78 is 5.42. The highest BCUT2D eigenvalue weighted by atomic mass is 16.6. The van der Waals surface area contributed by atoms with Crippen LogP contribution in [-0.2, 0) is 4.74 Å². The van der Waals surface area contributed by atoms with Crippen LogP contribution in [0, 0.1) is 5.92 Å². The first-order valence-electron chi connectivity index (χ1n) is 6.26. The van der Waals surface area contributed by atoms with Crippen LogP contribution in [0.3, 0.4) is 0 Å². The molecule has 0 aromatic heterocycles. The molecule has 2 unspecified atom stereocenters. The average molecular weight is 233 g/mol. The molecule has 1 aliphatic rings. The second-order valence-electron chi connectivity index (χ2n) is 4.79. The van der Waals surface area contributed by atoms with Crippen LogP contribution >= 0.6 is 0 Å². The van der Waals surface area contributed by atoms with Crippen LogP contribution in [0.1, 0.15) is 32.6 Å². The molecule has 1 fully saturated rings. The third-order valence-electron chi connectivity index (χ3n) is 3.18. The SMILES string of the molecule is CC1CCCC(OC(=O)Nc2ccccc2)C1. The summed E-state index contributed by atoms with van der Waals surface area (Å²) in [5, 5.41) is 2.74. The minimum Gasteiger partial charge on any atom is -0.446 e. The summed E-state index contributed by atoms with van der Waals surface area (Å²) >= 11 is 0. The van der Waals surface area contributed by atoms with Gasteiger partial charge in [-0.3, -0.25) is 5.32 Å². The Morgan fingerprint density at radius 3 is 2.76 bits per heavy atom. The van der Waals surface area contributed by atoms with Crippen molar-refractivity contribution < 1.29 is 9.53 Å². The number of ether oxygens (including phenoxy) is 1. The zero-order valence-corrected chi connectivity index (χ0v) is 10.2. The van der Waals surface area contributed by atoms with Crippen molar-refractivity contribution >= 4 is 11.8 Å². The van der Waals surface area contributed by atoms with Gasteiger partial charge in [0.25, 0.3) is 0 Å². The summed E-state index contributed by atoms with van der Waals surface area (Å²) in [6, 6.07) is 9.39. The molecule has 2 atom stereocenters. The van der Waals surface area contributed by atoms with Crippen molar-refractivity contribution in [1.29, 1.82) is 0 Å². The molecule has 1 aliphatic carbocycles. The Kier molecular flexibility index (Phi) is 4.02. The minimum atomic E-state index is -0.338. The second kappa shape index (κ2) is 5.71.